The maximum Gasteiger partial charge on any atom is 0.250 e. The highest BCUT2D eigenvalue weighted by molar-refractivity contribution is 6.00. The third kappa shape index (κ3) is 3.04. The third-order valence-corrected chi connectivity index (χ3v) is 5.15. The minimum atomic E-state index is -0.540. The normalized spacial score (nSPS) is 17.6. The highest BCUT2D eigenvalue weighted by Crippen LogP contribution is 2.30. The van der Waals surface area contributed by atoms with Gasteiger partial charge in [-0.2, -0.15) is 0 Å². The van der Waals surface area contributed by atoms with Gasteiger partial charge in [-0.15, -0.1) is 0 Å². The summed E-state index contributed by atoms with van der Waals surface area (Å²) in [6.45, 7) is 2.27. The first-order chi connectivity index (χ1) is 12.2. The van der Waals surface area contributed by atoms with Gasteiger partial charge in [0.25, 0.3) is 5.91 Å². The molecular weight excluding hydrogens is 316 g/mol. The Labute approximate surface area is 147 Å². The third-order valence-electron chi connectivity index (χ3n) is 5.15. The summed E-state index contributed by atoms with van der Waals surface area (Å²) >= 11 is 0. The van der Waals surface area contributed by atoms with Crippen molar-refractivity contribution in [3.8, 4) is 0 Å². The Morgan fingerprint density at radius 3 is 2.68 bits per heavy atom. The predicted molar refractivity (Wildman–Crippen MR) is 94.2 cm³/mol. The maximum atomic E-state index is 13.3. The zero-order valence-electron chi connectivity index (χ0n) is 14.2. The lowest BCUT2D eigenvalue weighted by atomic mass is 10.1. The Morgan fingerprint density at radius 1 is 1.12 bits per heavy atom. The number of aromatic nitrogens is 2. The van der Waals surface area contributed by atoms with Crippen LogP contribution < -0.4 is 4.90 Å². The van der Waals surface area contributed by atoms with Crippen molar-refractivity contribution in [2.24, 2.45) is 0 Å². The molecule has 25 heavy (non-hydrogen) atoms. The summed E-state index contributed by atoms with van der Waals surface area (Å²) in [5.74, 6) is 0.0209. The SMILES string of the molecule is O=C(C[C@H](C(=O)N1CCc2ccccc21)n1ccnc1)N1CCCC1. The van der Waals surface area contributed by atoms with Crippen molar-refractivity contribution in [1.82, 2.24) is 14.5 Å². The van der Waals surface area contributed by atoms with Crippen LogP contribution in [0, 0.1) is 0 Å². The van der Waals surface area contributed by atoms with Crippen molar-refractivity contribution in [1.29, 1.82) is 0 Å². The number of nitrogens with zero attached hydrogens (tertiary/aromatic N) is 4. The van der Waals surface area contributed by atoms with Gasteiger partial charge in [0.1, 0.15) is 6.04 Å². The Hall–Kier alpha value is -2.63. The van der Waals surface area contributed by atoms with Gasteiger partial charge in [-0.05, 0) is 30.9 Å². The number of hydrogen-bond donors (Lipinski definition) is 0. The summed E-state index contributed by atoms with van der Waals surface area (Å²) in [5, 5.41) is 0. The molecule has 130 valence electrons. The molecule has 1 aromatic heterocycles. The van der Waals surface area contributed by atoms with Crippen molar-refractivity contribution in [3.05, 3.63) is 48.5 Å². The molecule has 6 nitrogen and oxygen atoms in total. The number of rotatable bonds is 4. The first kappa shape index (κ1) is 15.9. The highest BCUT2D eigenvalue weighted by atomic mass is 16.2. The molecule has 1 saturated heterocycles. The van der Waals surface area contributed by atoms with E-state index in [0.29, 0.717) is 6.54 Å². The van der Waals surface area contributed by atoms with Gasteiger partial charge in [0.2, 0.25) is 5.91 Å². The second-order valence-corrected chi connectivity index (χ2v) is 6.69. The molecule has 2 amide bonds. The van der Waals surface area contributed by atoms with Crippen molar-refractivity contribution < 1.29 is 9.59 Å². The lowest BCUT2D eigenvalue weighted by molar-refractivity contribution is -0.134. The minimum Gasteiger partial charge on any atom is -0.343 e. The van der Waals surface area contributed by atoms with Gasteiger partial charge in [0, 0.05) is 37.7 Å². The van der Waals surface area contributed by atoms with Crippen molar-refractivity contribution >= 4 is 17.5 Å². The molecule has 0 radical (unpaired) electrons. The van der Waals surface area contributed by atoms with Crippen LogP contribution in [0.3, 0.4) is 0 Å². The van der Waals surface area contributed by atoms with Crippen LogP contribution in [0.4, 0.5) is 5.69 Å². The van der Waals surface area contributed by atoms with E-state index in [-0.39, 0.29) is 18.2 Å². The Bertz CT molecular complexity index is 765. The molecular formula is C19H22N4O2. The molecule has 0 spiro atoms. The standard InChI is InChI=1S/C19H22N4O2/c24-18(21-9-3-4-10-21)13-17(22-12-8-20-14-22)19(25)23-11-7-15-5-1-2-6-16(15)23/h1-2,5-6,8,12,14,17H,3-4,7,9-11,13H2/t17-/m1/s1. The van der Waals surface area contributed by atoms with Crippen molar-refractivity contribution in [3.63, 3.8) is 0 Å². The first-order valence-corrected chi connectivity index (χ1v) is 8.88. The summed E-state index contributed by atoms with van der Waals surface area (Å²) in [6, 6.07) is 7.45. The second-order valence-electron chi connectivity index (χ2n) is 6.69. The largest absolute Gasteiger partial charge is 0.343 e. The number of para-hydroxylation sites is 1. The fourth-order valence-corrected chi connectivity index (χ4v) is 3.78. The molecule has 2 aliphatic rings. The second kappa shape index (κ2) is 6.70. The zero-order chi connectivity index (χ0) is 17.2. The summed E-state index contributed by atoms with van der Waals surface area (Å²) in [4.78, 5) is 33.7. The van der Waals surface area contributed by atoms with E-state index >= 15 is 0 Å². The molecule has 2 aliphatic heterocycles. The average Bonchev–Trinajstić information content (AvgIpc) is 3.40. The molecule has 4 rings (SSSR count). The Morgan fingerprint density at radius 2 is 1.92 bits per heavy atom. The van der Waals surface area contributed by atoms with Crippen LogP contribution in [0.1, 0.15) is 30.9 Å². The van der Waals surface area contributed by atoms with Crippen LogP contribution >= 0.6 is 0 Å². The number of carbonyl (C=O) groups excluding carboxylic acids is 2. The first-order valence-electron chi connectivity index (χ1n) is 8.88. The number of hydrogen-bond acceptors (Lipinski definition) is 3. The van der Waals surface area contributed by atoms with Crippen LogP contribution in [0.25, 0.3) is 0 Å². The van der Waals surface area contributed by atoms with Gasteiger partial charge in [0.15, 0.2) is 0 Å². The molecule has 0 bridgehead atoms. The summed E-state index contributed by atoms with van der Waals surface area (Å²) < 4.78 is 1.76. The molecule has 1 atom stereocenters. The summed E-state index contributed by atoms with van der Waals surface area (Å²) in [7, 11) is 0. The number of fused-ring (bicyclic) bond motifs is 1. The fourth-order valence-electron chi connectivity index (χ4n) is 3.78. The van der Waals surface area contributed by atoms with Gasteiger partial charge >= 0.3 is 0 Å². The predicted octanol–water partition coefficient (Wildman–Crippen LogP) is 2.03. The van der Waals surface area contributed by atoms with E-state index in [2.05, 4.69) is 11.1 Å². The molecule has 1 aromatic carbocycles. The number of amides is 2. The van der Waals surface area contributed by atoms with Crippen LogP contribution in [0.15, 0.2) is 43.0 Å². The Kier molecular flexibility index (Phi) is 4.26. The molecule has 3 heterocycles. The topological polar surface area (TPSA) is 58.4 Å². The van der Waals surface area contributed by atoms with Crippen LogP contribution in [-0.2, 0) is 16.0 Å². The van der Waals surface area contributed by atoms with Gasteiger partial charge < -0.3 is 14.4 Å². The molecule has 0 saturated carbocycles. The van der Waals surface area contributed by atoms with Gasteiger partial charge in [-0.1, -0.05) is 18.2 Å². The number of likely N-dealkylation sites (tertiary alicyclic amines) is 1. The summed E-state index contributed by atoms with van der Waals surface area (Å²) in [5.41, 5.74) is 2.15. The Balaban J connectivity index is 1.58. The molecule has 2 aromatic rings. The van der Waals surface area contributed by atoms with Crippen LogP contribution in [-0.4, -0.2) is 45.9 Å². The average molecular weight is 338 g/mol. The monoisotopic (exact) mass is 338 g/mol. The number of benzene rings is 1. The van der Waals surface area contributed by atoms with E-state index in [1.54, 1.807) is 23.3 Å². The molecule has 0 aliphatic carbocycles. The van der Waals surface area contributed by atoms with Gasteiger partial charge in [-0.3, -0.25) is 9.59 Å². The number of carbonyl (C=O) groups is 2. The fraction of sp³-hybridized carbons (Fsp3) is 0.421. The summed E-state index contributed by atoms with van der Waals surface area (Å²) in [6.07, 6.45) is 8.19. The smallest absolute Gasteiger partial charge is 0.250 e. The quantitative estimate of drug-likeness (QED) is 0.857. The van der Waals surface area contributed by atoms with Crippen molar-refractivity contribution in [2.75, 3.05) is 24.5 Å². The zero-order valence-corrected chi connectivity index (χ0v) is 14.2. The minimum absolute atomic E-state index is 0.0319. The van der Waals surface area contributed by atoms with Gasteiger partial charge in [-0.25, -0.2) is 4.98 Å². The van der Waals surface area contributed by atoms with E-state index in [9.17, 15) is 9.59 Å². The number of imidazole rings is 1. The molecule has 6 heteroatoms. The van der Waals surface area contributed by atoms with Crippen molar-refractivity contribution in [2.45, 2.75) is 31.7 Å². The maximum absolute atomic E-state index is 13.3. The lowest BCUT2D eigenvalue weighted by Crippen LogP contribution is -2.39. The van der Waals surface area contributed by atoms with E-state index in [0.717, 1.165) is 38.0 Å². The number of anilines is 1. The molecule has 0 unspecified atom stereocenters. The van der Waals surface area contributed by atoms with Crippen LogP contribution in [0.2, 0.25) is 0 Å². The van der Waals surface area contributed by atoms with E-state index < -0.39 is 6.04 Å². The van der Waals surface area contributed by atoms with E-state index in [4.69, 9.17) is 0 Å². The molecule has 0 N–H and O–H groups in total. The highest BCUT2D eigenvalue weighted by Gasteiger charge is 2.33. The van der Waals surface area contributed by atoms with E-state index in [1.807, 2.05) is 28.0 Å². The van der Waals surface area contributed by atoms with E-state index in [1.165, 1.54) is 5.56 Å². The molecule has 1 fully saturated rings. The van der Waals surface area contributed by atoms with Crippen LogP contribution in [0.5, 0.6) is 0 Å². The van der Waals surface area contributed by atoms with Gasteiger partial charge in [0.05, 0.1) is 12.7 Å². The lowest BCUT2D eigenvalue weighted by Gasteiger charge is -2.26.